The van der Waals surface area contributed by atoms with Crippen LogP contribution in [0, 0.1) is 11.8 Å². The Hall–Kier alpha value is -3.03. The Labute approximate surface area is 138 Å². The monoisotopic (exact) mass is 319 g/mol. The first-order valence-electron chi connectivity index (χ1n) is 6.98. The average Bonchev–Trinajstić information content (AvgIpc) is 3.25. The molecule has 112 valence electrons. The van der Waals surface area contributed by atoms with E-state index in [-0.39, 0.29) is 5.91 Å². The molecule has 1 aromatic carbocycles. The van der Waals surface area contributed by atoms with E-state index < -0.39 is 0 Å². The SMILES string of the molecule is O=C(C=Cc1ccco1)Nc1cccc(C#Cc2cccs2)c1. The van der Waals surface area contributed by atoms with Crippen LogP contribution in [0.2, 0.25) is 0 Å². The Morgan fingerprint density at radius 2 is 2.09 bits per heavy atom. The zero-order chi connectivity index (χ0) is 15.9. The molecule has 0 atom stereocenters. The number of benzene rings is 1. The fourth-order valence-corrected chi connectivity index (χ4v) is 2.46. The Bertz CT molecular complexity index is 866. The zero-order valence-electron chi connectivity index (χ0n) is 12.2. The molecule has 2 aromatic heterocycles. The summed E-state index contributed by atoms with van der Waals surface area (Å²) >= 11 is 1.60. The van der Waals surface area contributed by atoms with Crippen LogP contribution in [0.5, 0.6) is 0 Å². The van der Waals surface area contributed by atoms with Gasteiger partial charge >= 0.3 is 0 Å². The number of hydrogen-bond donors (Lipinski definition) is 1. The highest BCUT2D eigenvalue weighted by atomic mass is 32.1. The molecule has 0 bridgehead atoms. The van der Waals surface area contributed by atoms with Gasteiger partial charge in [-0.1, -0.05) is 24.0 Å². The number of carbonyl (C=O) groups excluding carboxylic acids is 1. The van der Waals surface area contributed by atoms with Gasteiger partial charge in [-0.25, -0.2) is 0 Å². The van der Waals surface area contributed by atoms with Crippen LogP contribution in [0.15, 0.2) is 70.7 Å². The van der Waals surface area contributed by atoms with Gasteiger partial charge in [-0.05, 0) is 47.9 Å². The van der Waals surface area contributed by atoms with E-state index in [0.29, 0.717) is 11.4 Å². The first kappa shape index (κ1) is 14.9. The molecule has 3 rings (SSSR count). The van der Waals surface area contributed by atoms with Crippen molar-refractivity contribution >= 4 is 29.0 Å². The fourth-order valence-electron chi connectivity index (χ4n) is 1.89. The molecule has 1 amide bonds. The minimum absolute atomic E-state index is 0.218. The third kappa shape index (κ3) is 4.47. The summed E-state index contributed by atoms with van der Waals surface area (Å²) in [6.07, 6.45) is 4.62. The molecule has 0 aliphatic carbocycles. The summed E-state index contributed by atoms with van der Waals surface area (Å²) in [6.45, 7) is 0. The Balaban J connectivity index is 1.66. The Morgan fingerprint density at radius 3 is 2.87 bits per heavy atom. The topological polar surface area (TPSA) is 42.2 Å². The van der Waals surface area contributed by atoms with Gasteiger partial charge in [0.25, 0.3) is 0 Å². The van der Waals surface area contributed by atoms with Crippen LogP contribution in [0.3, 0.4) is 0 Å². The molecule has 2 heterocycles. The number of nitrogens with one attached hydrogen (secondary N) is 1. The van der Waals surface area contributed by atoms with Crippen LogP contribution in [-0.2, 0) is 4.79 Å². The first-order valence-corrected chi connectivity index (χ1v) is 7.86. The van der Waals surface area contributed by atoms with Crippen molar-refractivity contribution in [2.45, 2.75) is 0 Å². The van der Waals surface area contributed by atoms with E-state index in [1.807, 2.05) is 41.8 Å². The van der Waals surface area contributed by atoms with Crippen molar-refractivity contribution in [1.82, 2.24) is 0 Å². The molecular weight excluding hydrogens is 306 g/mol. The second-order valence-electron chi connectivity index (χ2n) is 4.65. The summed E-state index contributed by atoms with van der Waals surface area (Å²) in [4.78, 5) is 12.9. The number of carbonyl (C=O) groups is 1. The lowest BCUT2D eigenvalue weighted by Gasteiger charge is -2.02. The lowest BCUT2D eigenvalue weighted by molar-refractivity contribution is -0.111. The quantitative estimate of drug-likeness (QED) is 0.574. The molecule has 0 radical (unpaired) electrons. The van der Waals surface area contributed by atoms with Crippen LogP contribution >= 0.6 is 11.3 Å². The molecular formula is C19H13NO2S. The number of furan rings is 1. The van der Waals surface area contributed by atoms with E-state index in [1.54, 1.807) is 35.8 Å². The lowest BCUT2D eigenvalue weighted by Crippen LogP contribution is -2.07. The van der Waals surface area contributed by atoms with Crippen LogP contribution in [0.25, 0.3) is 6.08 Å². The summed E-state index contributed by atoms with van der Waals surface area (Å²) in [5, 5.41) is 4.80. The molecule has 1 N–H and O–H groups in total. The van der Waals surface area contributed by atoms with Gasteiger partial charge in [0.1, 0.15) is 5.76 Å². The van der Waals surface area contributed by atoms with Crippen molar-refractivity contribution in [2.24, 2.45) is 0 Å². The van der Waals surface area contributed by atoms with Gasteiger partial charge in [0.15, 0.2) is 0 Å². The van der Waals surface area contributed by atoms with Gasteiger partial charge in [0.2, 0.25) is 5.91 Å². The second-order valence-corrected chi connectivity index (χ2v) is 5.59. The molecule has 3 aromatic rings. The third-order valence-corrected chi connectivity index (χ3v) is 3.71. The maximum absolute atomic E-state index is 11.9. The predicted molar refractivity (Wildman–Crippen MR) is 93.1 cm³/mol. The molecule has 0 saturated carbocycles. The van der Waals surface area contributed by atoms with Gasteiger partial charge in [0.05, 0.1) is 11.1 Å². The highest BCUT2D eigenvalue weighted by Crippen LogP contribution is 2.11. The van der Waals surface area contributed by atoms with Crippen LogP contribution in [0.4, 0.5) is 5.69 Å². The van der Waals surface area contributed by atoms with Gasteiger partial charge in [-0.3, -0.25) is 4.79 Å². The smallest absolute Gasteiger partial charge is 0.248 e. The zero-order valence-corrected chi connectivity index (χ0v) is 13.0. The van der Waals surface area contributed by atoms with Crippen molar-refractivity contribution in [3.63, 3.8) is 0 Å². The van der Waals surface area contributed by atoms with Crippen molar-refractivity contribution in [3.05, 3.63) is 82.5 Å². The molecule has 0 fully saturated rings. The molecule has 0 unspecified atom stereocenters. The van der Waals surface area contributed by atoms with E-state index in [9.17, 15) is 4.79 Å². The number of rotatable bonds is 3. The van der Waals surface area contributed by atoms with Crippen molar-refractivity contribution in [2.75, 3.05) is 5.32 Å². The first-order chi connectivity index (χ1) is 11.3. The lowest BCUT2D eigenvalue weighted by atomic mass is 10.2. The summed E-state index contributed by atoms with van der Waals surface area (Å²) in [5.74, 6) is 6.60. The van der Waals surface area contributed by atoms with E-state index in [1.165, 1.54) is 6.08 Å². The summed E-state index contributed by atoms with van der Waals surface area (Å²) in [6, 6.07) is 14.9. The van der Waals surface area contributed by atoms with Crippen LogP contribution in [0.1, 0.15) is 16.2 Å². The highest BCUT2D eigenvalue weighted by molar-refractivity contribution is 7.10. The van der Waals surface area contributed by atoms with E-state index in [4.69, 9.17) is 4.42 Å². The predicted octanol–water partition coefficient (Wildman–Crippen LogP) is 4.39. The second kappa shape index (κ2) is 7.30. The maximum atomic E-state index is 11.9. The fraction of sp³-hybridized carbons (Fsp3) is 0. The van der Waals surface area contributed by atoms with Crippen molar-refractivity contribution < 1.29 is 9.21 Å². The Morgan fingerprint density at radius 1 is 1.13 bits per heavy atom. The minimum atomic E-state index is -0.218. The number of hydrogen-bond acceptors (Lipinski definition) is 3. The highest BCUT2D eigenvalue weighted by Gasteiger charge is 1.99. The van der Waals surface area contributed by atoms with Crippen molar-refractivity contribution in [1.29, 1.82) is 0 Å². The molecule has 23 heavy (non-hydrogen) atoms. The van der Waals surface area contributed by atoms with Gasteiger partial charge in [0, 0.05) is 17.3 Å². The van der Waals surface area contributed by atoms with Gasteiger partial charge < -0.3 is 9.73 Å². The van der Waals surface area contributed by atoms with E-state index >= 15 is 0 Å². The summed E-state index contributed by atoms with van der Waals surface area (Å²) in [7, 11) is 0. The average molecular weight is 319 g/mol. The van der Waals surface area contributed by atoms with Crippen LogP contribution in [-0.4, -0.2) is 5.91 Å². The molecule has 0 aliphatic rings. The number of anilines is 1. The van der Waals surface area contributed by atoms with Crippen molar-refractivity contribution in [3.8, 4) is 11.8 Å². The normalized spacial score (nSPS) is 10.3. The maximum Gasteiger partial charge on any atom is 0.248 e. The summed E-state index contributed by atoms with van der Waals surface area (Å²) < 4.78 is 5.14. The Kier molecular flexibility index (Phi) is 4.72. The molecule has 4 heteroatoms. The number of thiophene rings is 1. The largest absolute Gasteiger partial charge is 0.465 e. The molecule has 0 saturated heterocycles. The standard InChI is InChI=1S/C19H13NO2S/c21-19(11-9-17-6-2-12-22-17)20-16-5-1-4-15(14-16)8-10-18-7-3-13-23-18/h1-7,9,11-14H,(H,20,21). The number of amides is 1. The minimum Gasteiger partial charge on any atom is -0.465 e. The van der Waals surface area contributed by atoms with E-state index in [0.717, 1.165) is 10.4 Å². The van der Waals surface area contributed by atoms with Gasteiger partial charge in [-0.2, -0.15) is 0 Å². The molecule has 3 nitrogen and oxygen atoms in total. The molecule has 0 aliphatic heterocycles. The van der Waals surface area contributed by atoms with E-state index in [2.05, 4.69) is 17.2 Å². The molecule has 0 spiro atoms. The third-order valence-electron chi connectivity index (χ3n) is 2.92. The summed E-state index contributed by atoms with van der Waals surface area (Å²) in [5.41, 5.74) is 1.56. The van der Waals surface area contributed by atoms with Crippen LogP contribution < -0.4 is 5.32 Å². The van der Waals surface area contributed by atoms with Gasteiger partial charge in [-0.15, -0.1) is 11.3 Å².